The van der Waals surface area contributed by atoms with Crippen LogP contribution in [0.1, 0.15) is 11.3 Å². The number of hydrogen-bond acceptors (Lipinski definition) is 2. The number of hydrogen-bond donors (Lipinski definition) is 1. The molecule has 2 aromatic rings. The highest BCUT2D eigenvalue weighted by Gasteiger charge is 2.05. The molecule has 0 unspecified atom stereocenters. The highest BCUT2D eigenvalue weighted by Crippen LogP contribution is 2.19. The van der Waals surface area contributed by atoms with Gasteiger partial charge in [-0.2, -0.15) is 5.10 Å². The van der Waals surface area contributed by atoms with Gasteiger partial charge in [0.25, 0.3) is 0 Å². The monoisotopic (exact) mass is 265 g/mol. The van der Waals surface area contributed by atoms with Crippen molar-refractivity contribution in [2.75, 3.05) is 0 Å². The molecule has 0 aliphatic heterocycles. The van der Waals surface area contributed by atoms with Gasteiger partial charge in [-0.1, -0.05) is 12.1 Å². The second-order valence-corrected chi connectivity index (χ2v) is 4.22. The van der Waals surface area contributed by atoms with Crippen LogP contribution in [0.2, 0.25) is 0 Å². The average Bonchev–Trinajstić information content (AvgIpc) is 2.60. The van der Waals surface area contributed by atoms with Gasteiger partial charge in [0.15, 0.2) is 0 Å². The molecule has 1 heterocycles. The summed E-state index contributed by atoms with van der Waals surface area (Å²) in [5, 5.41) is 4.29. The Morgan fingerprint density at radius 1 is 1.47 bits per heavy atom. The van der Waals surface area contributed by atoms with E-state index < -0.39 is 0 Å². The third-order valence-electron chi connectivity index (χ3n) is 2.34. The minimum Gasteiger partial charge on any atom is -0.326 e. The fraction of sp³-hybridized carbons (Fsp3) is 0.182. The molecule has 1 aromatic heterocycles. The van der Waals surface area contributed by atoms with Crippen molar-refractivity contribution in [2.24, 2.45) is 5.73 Å². The molecule has 0 saturated carbocycles. The van der Waals surface area contributed by atoms with E-state index in [0.29, 0.717) is 6.54 Å². The summed E-state index contributed by atoms with van der Waals surface area (Å²) in [5.74, 6) is 0. The number of aromatic nitrogens is 2. The summed E-state index contributed by atoms with van der Waals surface area (Å²) in [5.41, 5.74) is 8.84. The van der Waals surface area contributed by atoms with E-state index in [1.54, 1.807) is 6.20 Å². The van der Waals surface area contributed by atoms with Crippen molar-refractivity contribution < 1.29 is 0 Å². The lowest BCUT2D eigenvalue weighted by Gasteiger charge is -2.05. The summed E-state index contributed by atoms with van der Waals surface area (Å²) >= 11 is 3.44. The Hall–Kier alpha value is -1.13. The lowest BCUT2D eigenvalue weighted by molar-refractivity contribution is 0.843. The number of halogens is 1. The molecular formula is C11H12BrN3. The zero-order chi connectivity index (χ0) is 10.8. The maximum absolute atomic E-state index is 5.60. The van der Waals surface area contributed by atoms with Crippen molar-refractivity contribution in [3.63, 3.8) is 0 Å². The standard InChI is InChI=1S/C11H12BrN3/c1-8-11(12)7-14-15(8)10-4-2-3-9(5-10)6-13/h2-5,7H,6,13H2,1H3. The predicted octanol–water partition coefficient (Wildman–Crippen LogP) is 2.40. The summed E-state index contributed by atoms with van der Waals surface area (Å²) in [7, 11) is 0. The van der Waals surface area contributed by atoms with Gasteiger partial charge in [0.1, 0.15) is 0 Å². The number of benzene rings is 1. The molecule has 0 amide bonds. The van der Waals surface area contributed by atoms with Gasteiger partial charge >= 0.3 is 0 Å². The van der Waals surface area contributed by atoms with Gasteiger partial charge in [-0.05, 0) is 40.5 Å². The first-order valence-corrected chi connectivity index (χ1v) is 5.51. The molecule has 0 fully saturated rings. The summed E-state index contributed by atoms with van der Waals surface area (Å²) in [6.07, 6.45) is 1.80. The second-order valence-electron chi connectivity index (χ2n) is 3.36. The average molecular weight is 266 g/mol. The maximum Gasteiger partial charge on any atom is 0.0652 e. The first-order valence-electron chi connectivity index (χ1n) is 4.72. The van der Waals surface area contributed by atoms with Gasteiger partial charge < -0.3 is 5.73 Å². The summed E-state index contributed by atoms with van der Waals surface area (Å²) in [4.78, 5) is 0. The maximum atomic E-state index is 5.60. The SMILES string of the molecule is Cc1c(Br)cnn1-c1cccc(CN)c1. The van der Waals surface area contributed by atoms with Crippen LogP contribution in [0.3, 0.4) is 0 Å². The highest BCUT2D eigenvalue weighted by atomic mass is 79.9. The number of nitrogens with two attached hydrogens (primary N) is 1. The predicted molar refractivity (Wildman–Crippen MR) is 63.9 cm³/mol. The number of rotatable bonds is 2. The first kappa shape index (κ1) is 10.4. The van der Waals surface area contributed by atoms with E-state index in [4.69, 9.17) is 5.73 Å². The second kappa shape index (κ2) is 4.16. The molecule has 0 atom stereocenters. The van der Waals surface area contributed by atoms with Crippen molar-refractivity contribution in [1.29, 1.82) is 0 Å². The molecule has 0 spiro atoms. The molecule has 3 nitrogen and oxygen atoms in total. The van der Waals surface area contributed by atoms with E-state index in [9.17, 15) is 0 Å². The Labute approximate surface area is 97.0 Å². The lowest BCUT2D eigenvalue weighted by Crippen LogP contribution is -2.01. The van der Waals surface area contributed by atoms with E-state index in [0.717, 1.165) is 21.4 Å². The van der Waals surface area contributed by atoms with Gasteiger partial charge in [-0.3, -0.25) is 0 Å². The van der Waals surface area contributed by atoms with E-state index in [1.165, 1.54) is 0 Å². The molecule has 0 aliphatic carbocycles. The third kappa shape index (κ3) is 1.96. The highest BCUT2D eigenvalue weighted by molar-refractivity contribution is 9.10. The van der Waals surface area contributed by atoms with Crippen LogP contribution in [0.4, 0.5) is 0 Å². The molecule has 4 heteroatoms. The third-order valence-corrected chi connectivity index (χ3v) is 3.12. The van der Waals surface area contributed by atoms with Crippen molar-refractivity contribution in [1.82, 2.24) is 9.78 Å². The van der Waals surface area contributed by atoms with Crippen LogP contribution in [-0.4, -0.2) is 9.78 Å². The summed E-state index contributed by atoms with van der Waals surface area (Å²) in [6.45, 7) is 2.57. The zero-order valence-corrected chi connectivity index (χ0v) is 10.0. The van der Waals surface area contributed by atoms with Crippen LogP contribution in [0.15, 0.2) is 34.9 Å². The van der Waals surface area contributed by atoms with Gasteiger partial charge in [0.2, 0.25) is 0 Å². The lowest BCUT2D eigenvalue weighted by atomic mass is 10.2. The normalized spacial score (nSPS) is 10.6. The van der Waals surface area contributed by atoms with E-state index in [2.05, 4.69) is 21.0 Å². The molecule has 78 valence electrons. The zero-order valence-electron chi connectivity index (χ0n) is 8.44. The molecule has 2 N–H and O–H groups in total. The molecule has 15 heavy (non-hydrogen) atoms. The topological polar surface area (TPSA) is 43.8 Å². The van der Waals surface area contributed by atoms with E-state index in [-0.39, 0.29) is 0 Å². The van der Waals surface area contributed by atoms with E-state index in [1.807, 2.05) is 35.9 Å². The van der Waals surface area contributed by atoms with Gasteiger partial charge in [-0.15, -0.1) is 0 Å². The summed E-state index contributed by atoms with van der Waals surface area (Å²) < 4.78 is 2.91. The Balaban J connectivity index is 2.49. The smallest absolute Gasteiger partial charge is 0.0652 e. The van der Waals surface area contributed by atoms with E-state index >= 15 is 0 Å². The van der Waals surface area contributed by atoms with Gasteiger partial charge in [-0.25, -0.2) is 4.68 Å². The molecule has 2 rings (SSSR count). The first-order chi connectivity index (χ1) is 7.22. The fourth-order valence-corrected chi connectivity index (χ4v) is 1.72. The molecule has 1 aromatic carbocycles. The van der Waals surface area contributed by atoms with Crippen LogP contribution in [-0.2, 0) is 6.54 Å². The van der Waals surface area contributed by atoms with Crippen LogP contribution < -0.4 is 5.73 Å². The Bertz CT molecular complexity index is 476. The molecular weight excluding hydrogens is 254 g/mol. The largest absolute Gasteiger partial charge is 0.326 e. The van der Waals surface area contributed by atoms with Crippen molar-refractivity contribution >= 4 is 15.9 Å². The quantitative estimate of drug-likeness (QED) is 0.907. The van der Waals surface area contributed by atoms with Crippen molar-refractivity contribution in [3.8, 4) is 5.69 Å². The van der Waals surface area contributed by atoms with Gasteiger partial charge in [0.05, 0.1) is 22.1 Å². The molecule has 0 saturated heterocycles. The number of nitrogens with zero attached hydrogens (tertiary/aromatic N) is 2. The Kier molecular flexibility index (Phi) is 2.88. The molecule has 0 bridgehead atoms. The van der Waals surface area contributed by atoms with Crippen molar-refractivity contribution in [2.45, 2.75) is 13.5 Å². The Morgan fingerprint density at radius 3 is 2.87 bits per heavy atom. The Morgan fingerprint density at radius 2 is 2.27 bits per heavy atom. The summed E-state index contributed by atoms with van der Waals surface area (Å²) in [6, 6.07) is 8.07. The minimum atomic E-state index is 0.551. The fourth-order valence-electron chi connectivity index (χ4n) is 1.47. The minimum absolute atomic E-state index is 0.551. The van der Waals surface area contributed by atoms with Crippen LogP contribution in [0.5, 0.6) is 0 Å². The van der Waals surface area contributed by atoms with Crippen molar-refractivity contribution in [3.05, 3.63) is 46.2 Å². The van der Waals surface area contributed by atoms with Gasteiger partial charge in [0, 0.05) is 6.54 Å². The van der Waals surface area contributed by atoms with Crippen LogP contribution >= 0.6 is 15.9 Å². The van der Waals surface area contributed by atoms with Crippen LogP contribution in [0.25, 0.3) is 5.69 Å². The molecule has 0 aliphatic rings. The molecule has 0 radical (unpaired) electrons. The van der Waals surface area contributed by atoms with Crippen LogP contribution in [0, 0.1) is 6.92 Å².